The lowest BCUT2D eigenvalue weighted by Gasteiger charge is -2.45. The number of hydrogen-bond acceptors (Lipinski definition) is 5. The molecule has 238 valence electrons. The summed E-state index contributed by atoms with van der Waals surface area (Å²) in [7, 11) is 0. The quantitative estimate of drug-likeness (QED) is 0.300. The van der Waals surface area contributed by atoms with E-state index >= 15 is 0 Å². The Hall–Kier alpha value is -4.32. The van der Waals surface area contributed by atoms with E-state index in [0.717, 1.165) is 42.7 Å². The van der Waals surface area contributed by atoms with Crippen molar-refractivity contribution in [1.82, 2.24) is 35.3 Å². The van der Waals surface area contributed by atoms with Crippen LogP contribution in [0.25, 0.3) is 11.0 Å². The van der Waals surface area contributed by atoms with Crippen molar-refractivity contribution in [2.75, 3.05) is 44.6 Å². The van der Waals surface area contributed by atoms with Gasteiger partial charge in [0.1, 0.15) is 6.04 Å². The van der Waals surface area contributed by atoms with Gasteiger partial charge in [-0.05, 0) is 75.4 Å². The van der Waals surface area contributed by atoms with Crippen LogP contribution < -0.4 is 21.6 Å². The number of rotatable bonds is 5. The van der Waals surface area contributed by atoms with Crippen LogP contribution in [0.3, 0.4) is 0 Å². The fraction of sp³-hybridized carbons (Fsp3) is 0.515. The number of urea groups is 2. The van der Waals surface area contributed by atoms with Gasteiger partial charge >= 0.3 is 17.8 Å². The molecule has 5 amide bonds. The van der Waals surface area contributed by atoms with Gasteiger partial charge in [0.05, 0.1) is 16.6 Å². The van der Waals surface area contributed by atoms with Crippen LogP contribution in [0.4, 0.5) is 15.3 Å². The number of para-hydroxylation sites is 1. The Morgan fingerprint density at radius 2 is 1.60 bits per heavy atom. The fourth-order valence-electron chi connectivity index (χ4n) is 7.77. The van der Waals surface area contributed by atoms with Gasteiger partial charge in [0.15, 0.2) is 0 Å². The van der Waals surface area contributed by atoms with E-state index in [1.807, 2.05) is 47.4 Å². The summed E-state index contributed by atoms with van der Waals surface area (Å²) >= 11 is 0. The fourth-order valence-corrected chi connectivity index (χ4v) is 7.77. The molecule has 1 spiro atoms. The summed E-state index contributed by atoms with van der Waals surface area (Å²) in [6, 6.07) is 12.6. The van der Waals surface area contributed by atoms with Crippen LogP contribution in [0.2, 0.25) is 0 Å². The van der Waals surface area contributed by atoms with Crippen molar-refractivity contribution in [3.8, 4) is 0 Å². The van der Waals surface area contributed by atoms with Crippen molar-refractivity contribution in [3.05, 3.63) is 64.1 Å². The van der Waals surface area contributed by atoms with Gasteiger partial charge in [-0.15, -0.1) is 0 Å². The van der Waals surface area contributed by atoms with E-state index in [2.05, 4.69) is 30.8 Å². The Bertz CT molecular complexity index is 1630. The second-order valence-electron chi connectivity index (χ2n) is 13.0. The molecule has 4 aliphatic rings. The van der Waals surface area contributed by atoms with Gasteiger partial charge in [-0.1, -0.05) is 30.7 Å². The second-order valence-corrected chi connectivity index (χ2v) is 13.0. The average Bonchev–Trinajstić information content (AvgIpc) is 3.44. The summed E-state index contributed by atoms with van der Waals surface area (Å²) in [6.45, 7) is 4.53. The molecule has 0 unspecified atom stereocenters. The highest BCUT2D eigenvalue weighted by atomic mass is 16.2. The third-order valence-corrected chi connectivity index (χ3v) is 10.2. The third kappa shape index (κ3) is 6.03. The normalized spacial score (nSPS) is 21.2. The summed E-state index contributed by atoms with van der Waals surface area (Å²) < 4.78 is 0. The van der Waals surface area contributed by atoms with Crippen LogP contribution in [0, 0.1) is 0 Å². The largest absolute Gasteiger partial charge is 0.341 e. The minimum absolute atomic E-state index is 0.0730. The van der Waals surface area contributed by atoms with Crippen LogP contribution in [0.15, 0.2) is 47.3 Å². The van der Waals surface area contributed by atoms with Gasteiger partial charge in [0.25, 0.3) is 0 Å². The molecule has 3 fully saturated rings. The summed E-state index contributed by atoms with van der Waals surface area (Å²) in [6.07, 6.45) is 7.14. The lowest BCUT2D eigenvalue weighted by Crippen LogP contribution is -2.60. The first kappa shape index (κ1) is 29.4. The van der Waals surface area contributed by atoms with Crippen LogP contribution in [0.1, 0.15) is 56.1 Å². The van der Waals surface area contributed by atoms with Crippen molar-refractivity contribution in [2.24, 2.45) is 0 Å². The number of imidazole rings is 1. The molecular formula is C33H42N8O4. The minimum atomic E-state index is -0.748. The van der Waals surface area contributed by atoms with E-state index in [1.165, 1.54) is 19.3 Å². The summed E-state index contributed by atoms with van der Waals surface area (Å²) in [5, 5.41) is 9.09. The zero-order valence-corrected chi connectivity index (χ0v) is 25.6. The number of aromatic nitrogens is 2. The zero-order valence-electron chi connectivity index (χ0n) is 25.6. The monoisotopic (exact) mass is 614 g/mol. The molecule has 0 radical (unpaired) electrons. The van der Waals surface area contributed by atoms with Crippen molar-refractivity contribution in [1.29, 1.82) is 0 Å². The summed E-state index contributed by atoms with van der Waals surface area (Å²) in [4.78, 5) is 63.9. The SMILES string of the molecule is O=C1Nc2ccccc2C2(CCN(C(=O)N[C@H](Cc3ccc4[nH]c(=O)[nH]c4c3)C(=O)N3CCC(N4CCCCC4)CC3)CC2)N1. The Labute approximate surface area is 261 Å². The molecule has 45 heavy (non-hydrogen) atoms. The van der Waals surface area contributed by atoms with Gasteiger partial charge in [0, 0.05) is 49.9 Å². The average molecular weight is 615 g/mol. The predicted molar refractivity (Wildman–Crippen MR) is 171 cm³/mol. The molecule has 0 aliphatic carbocycles. The Morgan fingerprint density at radius 1 is 0.867 bits per heavy atom. The molecule has 3 aromatic rings. The van der Waals surface area contributed by atoms with E-state index in [-0.39, 0.29) is 23.7 Å². The standard InChI is InChI=1S/C33H42N8O4/c42-29(40-16-10-23(11-17-40)39-14-4-1-5-15-39)28(21-22-8-9-26-27(20-22)36-30(43)35-26)37-32(45)41-18-12-33(13-19-41)24-6-2-3-7-25(24)34-31(44)38-33/h2-3,6-9,20,23,28H,1,4-5,10-19,21H2,(H,37,45)(H2,34,38,44)(H2,35,36,43)/t28-/m1/s1. The van der Waals surface area contributed by atoms with Gasteiger partial charge in [-0.2, -0.15) is 0 Å². The highest BCUT2D eigenvalue weighted by molar-refractivity contribution is 5.94. The molecule has 7 rings (SSSR count). The summed E-state index contributed by atoms with van der Waals surface area (Å²) in [5.74, 6) is -0.0730. The Morgan fingerprint density at radius 3 is 2.38 bits per heavy atom. The number of hydrogen-bond donors (Lipinski definition) is 5. The van der Waals surface area contributed by atoms with Gasteiger partial charge in [-0.25, -0.2) is 14.4 Å². The highest BCUT2D eigenvalue weighted by Crippen LogP contribution is 2.39. The maximum atomic E-state index is 14.0. The predicted octanol–water partition coefficient (Wildman–Crippen LogP) is 3.08. The number of anilines is 1. The highest BCUT2D eigenvalue weighted by Gasteiger charge is 2.43. The molecule has 5 heterocycles. The molecule has 1 aromatic heterocycles. The number of nitrogens with one attached hydrogen (secondary N) is 5. The maximum absolute atomic E-state index is 14.0. The number of likely N-dealkylation sites (tertiary alicyclic amines) is 3. The van der Waals surface area contributed by atoms with Crippen molar-refractivity contribution in [3.63, 3.8) is 0 Å². The van der Waals surface area contributed by atoms with Crippen molar-refractivity contribution >= 4 is 34.7 Å². The molecule has 1 atom stereocenters. The van der Waals surface area contributed by atoms with E-state index in [4.69, 9.17) is 0 Å². The molecule has 0 bridgehead atoms. The first-order chi connectivity index (χ1) is 21.9. The molecule has 12 heteroatoms. The van der Waals surface area contributed by atoms with Gasteiger partial charge < -0.3 is 40.6 Å². The lowest BCUT2D eigenvalue weighted by atomic mass is 9.79. The second kappa shape index (κ2) is 12.2. The topological polar surface area (TPSA) is 146 Å². The molecule has 5 N–H and O–H groups in total. The van der Waals surface area contributed by atoms with Crippen LogP contribution >= 0.6 is 0 Å². The van der Waals surface area contributed by atoms with Crippen molar-refractivity contribution < 1.29 is 14.4 Å². The molecular weight excluding hydrogens is 572 g/mol. The number of carbonyl (C=O) groups excluding carboxylic acids is 3. The summed E-state index contributed by atoms with van der Waals surface area (Å²) in [5.41, 5.74) is 3.24. The number of carbonyl (C=O) groups is 3. The molecule has 0 saturated carbocycles. The number of amides is 5. The number of aromatic amines is 2. The first-order valence-corrected chi connectivity index (χ1v) is 16.3. The van der Waals surface area contributed by atoms with E-state index in [1.54, 1.807) is 4.90 Å². The Balaban J connectivity index is 1.05. The van der Waals surface area contributed by atoms with E-state index < -0.39 is 11.6 Å². The van der Waals surface area contributed by atoms with Crippen LogP contribution in [-0.4, -0.2) is 94.0 Å². The molecule has 4 aliphatic heterocycles. The molecule has 12 nitrogen and oxygen atoms in total. The van der Waals surface area contributed by atoms with Crippen LogP contribution in [-0.2, 0) is 16.8 Å². The molecule has 3 saturated heterocycles. The first-order valence-electron chi connectivity index (χ1n) is 16.3. The van der Waals surface area contributed by atoms with Crippen LogP contribution in [0.5, 0.6) is 0 Å². The maximum Gasteiger partial charge on any atom is 0.323 e. The number of piperidine rings is 3. The van der Waals surface area contributed by atoms with Gasteiger partial charge in [0.2, 0.25) is 5.91 Å². The lowest BCUT2D eigenvalue weighted by molar-refractivity contribution is -0.135. The van der Waals surface area contributed by atoms with Crippen molar-refractivity contribution in [2.45, 2.75) is 69.0 Å². The van der Waals surface area contributed by atoms with E-state index in [9.17, 15) is 19.2 Å². The zero-order chi connectivity index (χ0) is 31.0. The Kier molecular flexibility index (Phi) is 7.99. The minimum Gasteiger partial charge on any atom is -0.341 e. The number of benzene rings is 2. The molecule has 2 aromatic carbocycles. The number of nitrogens with zero attached hydrogens (tertiary/aromatic N) is 3. The van der Waals surface area contributed by atoms with E-state index in [0.29, 0.717) is 62.5 Å². The van der Waals surface area contributed by atoms with Gasteiger partial charge in [-0.3, -0.25) is 4.79 Å². The third-order valence-electron chi connectivity index (χ3n) is 10.2. The smallest absolute Gasteiger partial charge is 0.323 e. The number of H-pyrrole nitrogens is 2. The number of fused-ring (bicyclic) bond motifs is 3.